The molecule has 0 unspecified atom stereocenters. The molecule has 0 saturated carbocycles. The molecule has 0 aliphatic rings. The lowest BCUT2D eigenvalue weighted by atomic mass is 9.86. The average Bonchev–Trinajstić information content (AvgIpc) is 3.27. The second-order valence-electron chi connectivity index (χ2n) is 15.0. The monoisotopic (exact) mass is 727 g/mol. The van der Waals surface area contributed by atoms with Gasteiger partial charge in [0, 0.05) is 17.1 Å². The van der Waals surface area contributed by atoms with Crippen LogP contribution in [0.4, 0.5) is 17.1 Å². The van der Waals surface area contributed by atoms with Gasteiger partial charge in [0.15, 0.2) is 0 Å². The first-order valence-electron chi connectivity index (χ1n) is 19.8. The molecule has 0 atom stereocenters. The van der Waals surface area contributed by atoms with Gasteiger partial charge >= 0.3 is 0 Å². The lowest BCUT2D eigenvalue weighted by Gasteiger charge is -2.27. The minimum Gasteiger partial charge on any atom is -0.310 e. The summed E-state index contributed by atoms with van der Waals surface area (Å²) in [5.41, 5.74) is 15.7. The summed E-state index contributed by atoms with van der Waals surface area (Å²) in [5, 5.41) is 7.56. The van der Waals surface area contributed by atoms with Crippen molar-refractivity contribution >= 4 is 49.4 Å². The third kappa shape index (κ3) is 6.24. The molecule has 0 spiro atoms. The van der Waals surface area contributed by atoms with Crippen LogP contribution in [-0.4, -0.2) is 0 Å². The smallest absolute Gasteiger partial charge is 0.0464 e. The Morgan fingerprint density at radius 2 is 0.807 bits per heavy atom. The fourth-order valence-corrected chi connectivity index (χ4v) is 8.70. The van der Waals surface area contributed by atoms with Crippen LogP contribution in [0.25, 0.3) is 76.8 Å². The van der Waals surface area contributed by atoms with Gasteiger partial charge in [-0.05, 0) is 144 Å². The lowest BCUT2D eigenvalue weighted by molar-refractivity contribution is 1.27. The van der Waals surface area contributed by atoms with Crippen LogP contribution in [0.15, 0.2) is 212 Å². The molecule has 0 amide bonds. The van der Waals surface area contributed by atoms with Gasteiger partial charge in [0.25, 0.3) is 0 Å². The predicted molar refractivity (Wildman–Crippen MR) is 245 cm³/mol. The lowest BCUT2D eigenvalue weighted by Crippen LogP contribution is -2.10. The number of aryl methyl sites for hydroxylation is 2. The Balaban J connectivity index is 1.12. The Morgan fingerprint density at radius 3 is 1.53 bits per heavy atom. The van der Waals surface area contributed by atoms with Crippen molar-refractivity contribution in [1.82, 2.24) is 0 Å². The van der Waals surface area contributed by atoms with Gasteiger partial charge in [0.05, 0.1) is 0 Å². The summed E-state index contributed by atoms with van der Waals surface area (Å²) in [7, 11) is 0. The molecule has 10 rings (SSSR count). The number of hydrogen-bond acceptors (Lipinski definition) is 1. The third-order valence-electron chi connectivity index (χ3n) is 11.5. The molecule has 270 valence electrons. The summed E-state index contributed by atoms with van der Waals surface area (Å²) in [6.07, 6.45) is 0. The normalized spacial score (nSPS) is 11.3. The Morgan fingerprint density at radius 1 is 0.281 bits per heavy atom. The fraction of sp³-hybridized carbons (Fsp3) is 0.0357. The van der Waals surface area contributed by atoms with E-state index in [2.05, 4.69) is 231 Å². The summed E-state index contributed by atoms with van der Waals surface area (Å²) in [4.78, 5) is 2.38. The van der Waals surface area contributed by atoms with Gasteiger partial charge in [0.1, 0.15) is 0 Å². The van der Waals surface area contributed by atoms with Crippen LogP contribution >= 0.6 is 0 Å². The quantitative estimate of drug-likeness (QED) is 0.148. The summed E-state index contributed by atoms with van der Waals surface area (Å²) < 4.78 is 0. The van der Waals surface area contributed by atoms with E-state index in [0.29, 0.717) is 0 Å². The second-order valence-corrected chi connectivity index (χ2v) is 15.0. The Hall–Kier alpha value is -7.22. The molecule has 0 fully saturated rings. The first-order valence-corrected chi connectivity index (χ1v) is 19.8. The van der Waals surface area contributed by atoms with E-state index in [1.54, 1.807) is 0 Å². The fourth-order valence-electron chi connectivity index (χ4n) is 8.70. The van der Waals surface area contributed by atoms with Crippen molar-refractivity contribution in [3.05, 3.63) is 223 Å². The number of anilines is 3. The van der Waals surface area contributed by atoms with Gasteiger partial charge in [-0.2, -0.15) is 0 Å². The maximum absolute atomic E-state index is 2.39. The standard InChI is InChI=1S/C56H41N/c1-38-14-6-9-19-48(38)49-35-33-47(36-39(49)2)57(45-29-24-41(25-30-45)40-15-4-3-5-16-40)46-31-26-43(27-32-46)52-34-28-42-17-7-11-21-51(42)56(52)55-37-44-18-8-10-20-50(44)53-22-12-13-23-54(53)55/h3-37H,1-2H3. The van der Waals surface area contributed by atoms with Crippen LogP contribution in [-0.2, 0) is 0 Å². The molecule has 0 aromatic heterocycles. The minimum absolute atomic E-state index is 1.10. The molecule has 1 heteroatoms. The molecule has 1 nitrogen and oxygen atoms in total. The van der Waals surface area contributed by atoms with E-state index in [1.165, 1.54) is 88.0 Å². The maximum atomic E-state index is 2.39. The minimum atomic E-state index is 1.10. The van der Waals surface area contributed by atoms with Gasteiger partial charge in [-0.1, -0.05) is 170 Å². The average molecular weight is 728 g/mol. The topological polar surface area (TPSA) is 3.24 Å². The van der Waals surface area contributed by atoms with Crippen molar-refractivity contribution in [2.24, 2.45) is 0 Å². The number of nitrogens with zero attached hydrogens (tertiary/aromatic N) is 1. The van der Waals surface area contributed by atoms with Crippen LogP contribution in [0.5, 0.6) is 0 Å². The molecule has 0 aliphatic heterocycles. The molecular formula is C56H41N. The highest BCUT2D eigenvalue weighted by molar-refractivity contribution is 6.18. The van der Waals surface area contributed by atoms with E-state index in [0.717, 1.165) is 17.1 Å². The van der Waals surface area contributed by atoms with Gasteiger partial charge in [-0.15, -0.1) is 0 Å². The molecule has 0 radical (unpaired) electrons. The number of benzene rings is 10. The summed E-state index contributed by atoms with van der Waals surface area (Å²) in [6.45, 7) is 4.41. The number of hydrogen-bond donors (Lipinski definition) is 0. The first-order chi connectivity index (χ1) is 28.1. The summed E-state index contributed by atoms with van der Waals surface area (Å²) in [6, 6.07) is 77.6. The highest BCUT2D eigenvalue weighted by atomic mass is 15.1. The van der Waals surface area contributed by atoms with Crippen molar-refractivity contribution in [3.63, 3.8) is 0 Å². The highest BCUT2D eigenvalue weighted by Gasteiger charge is 2.19. The summed E-state index contributed by atoms with van der Waals surface area (Å²) in [5.74, 6) is 0. The number of rotatable bonds is 7. The Labute approximate surface area is 334 Å². The van der Waals surface area contributed by atoms with E-state index in [1.807, 2.05) is 0 Å². The van der Waals surface area contributed by atoms with Crippen LogP contribution in [0, 0.1) is 13.8 Å². The van der Waals surface area contributed by atoms with Crippen molar-refractivity contribution in [2.75, 3.05) is 4.90 Å². The van der Waals surface area contributed by atoms with Crippen molar-refractivity contribution < 1.29 is 0 Å². The SMILES string of the molecule is Cc1ccccc1-c1ccc(N(c2ccc(-c3ccccc3)cc2)c2ccc(-c3ccc4ccccc4c3-c3cc4ccccc4c4ccccc34)cc2)cc1C. The van der Waals surface area contributed by atoms with Crippen molar-refractivity contribution in [2.45, 2.75) is 13.8 Å². The molecule has 0 aliphatic carbocycles. The second kappa shape index (κ2) is 14.5. The molecule has 10 aromatic carbocycles. The first kappa shape index (κ1) is 34.3. The molecule has 0 saturated heterocycles. The Bertz CT molecular complexity index is 3070. The third-order valence-corrected chi connectivity index (χ3v) is 11.5. The van der Waals surface area contributed by atoms with Crippen LogP contribution in [0.2, 0.25) is 0 Å². The summed E-state index contributed by atoms with van der Waals surface area (Å²) >= 11 is 0. The van der Waals surface area contributed by atoms with Gasteiger partial charge in [-0.25, -0.2) is 0 Å². The maximum Gasteiger partial charge on any atom is 0.0464 e. The van der Waals surface area contributed by atoms with Crippen LogP contribution < -0.4 is 4.90 Å². The van der Waals surface area contributed by atoms with Crippen LogP contribution in [0.1, 0.15) is 11.1 Å². The largest absolute Gasteiger partial charge is 0.310 e. The van der Waals surface area contributed by atoms with E-state index in [4.69, 9.17) is 0 Å². The van der Waals surface area contributed by atoms with Crippen molar-refractivity contribution in [3.8, 4) is 44.5 Å². The van der Waals surface area contributed by atoms with Gasteiger partial charge in [0.2, 0.25) is 0 Å². The van der Waals surface area contributed by atoms with E-state index in [-0.39, 0.29) is 0 Å². The highest BCUT2D eigenvalue weighted by Crippen LogP contribution is 2.45. The zero-order chi connectivity index (χ0) is 38.3. The Kier molecular flexibility index (Phi) is 8.69. The zero-order valence-corrected chi connectivity index (χ0v) is 32.2. The molecule has 0 N–H and O–H groups in total. The van der Waals surface area contributed by atoms with E-state index < -0.39 is 0 Å². The van der Waals surface area contributed by atoms with Gasteiger partial charge in [-0.3, -0.25) is 0 Å². The van der Waals surface area contributed by atoms with Crippen LogP contribution in [0.3, 0.4) is 0 Å². The zero-order valence-electron chi connectivity index (χ0n) is 32.2. The number of fused-ring (bicyclic) bond motifs is 4. The van der Waals surface area contributed by atoms with Crippen molar-refractivity contribution in [1.29, 1.82) is 0 Å². The van der Waals surface area contributed by atoms with E-state index >= 15 is 0 Å². The van der Waals surface area contributed by atoms with E-state index in [9.17, 15) is 0 Å². The van der Waals surface area contributed by atoms with Gasteiger partial charge < -0.3 is 4.90 Å². The molecule has 0 bridgehead atoms. The molecule has 0 heterocycles. The molecule has 10 aromatic rings. The predicted octanol–water partition coefficient (Wildman–Crippen LogP) is 15.9. The molecule has 57 heavy (non-hydrogen) atoms. The molecular weight excluding hydrogens is 687 g/mol.